The van der Waals surface area contributed by atoms with Crippen LogP contribution in [0.25, 0.3) is 0 Å². The van der Waals surface area contributed by atoms with Gasteiger partial charge < -0.3 is 14.2 Å². The van der Waals surface area contributed by atoms with Gasteiger partial charge in [0.2, 0.25) is 0 Å². The fourth-order valence-electron chi connectivity index (χ4n) is 1.74. The molecular weight excluding hydrogens is 279 g/mol. The predicted octanol–water partition coefficient (Wildman–Crippen LogP) is 2.56. The molecule has 0 bridgehead atoms. The summed E-state index contributed by atoms with van der Waals surface area (Å²) in [5, 5.41) is 0. The molecular formula is C12H10Cl2O4. The third-order valence-electron chi connectivity index (χ3n) is 2.84. The Bertz CT molecular complexity index is 501. The summed E-state index contributed by atoms with van der Waals surface area (Å²) < 4.78 is 15.0. The Morgan fingerprint density at radius 1 is 1.28 bits per heavy atom. The van der Waals surface area contributed by atoms with Crippen LogP contribution < -0.4 is 14.2 Å². The maximum atomic E-state index is 11.7. The summed E-state index contributed by atoms with van der Waals surface area (Å²) in [6.45, 7) is 1.01. The van der Waals surface area contributed by atoms with Gasteiger partial charge in [-0.15, -0.1) is 23.2 Å². The van der Waals surface area contributed by atoms with E-state index in [-0.39, 0.29) is 0 Å². The zero-order valence-corrected chi connectivity index (χ0v) is 10.8. The van der Waals surface area contributed by atoms with Crippen molar-refractivity contribution in [3.8, 4) is 17.2 Å². The molecule has 4 nitrogen and oxygen atoms in total. The molecule has 6 heteroatoms. The van der Waals surface area contributed by atoms with Gasteiger partial charge in [-0.1, -0.05) is 0 Å². The van der Waals surface area contributed by atoms with Gasteiger partial charge in [0.15, 0.2) is 11.5 Å². The normalized spacial score (nSPS) is 23.3. The number of carbonyl (C=O) groups excluding carboxylic acids is 1. The number of alkyl halides is 2. The molecule has 1 heterocycles. The molecule has 1 saturated carbocycles. The van der Waals surface area contributed by atoms with Crippen LogP contribution in [-0.2, 0) is 4.79 Å². The standard InChI is InChI=1S/C12H10Cl2O4/c13-12(14)6-8(12)11(15)18-7-1-2-9-10(5-7)17-4-3-16-9/h1-2,5,8H,3-4,6H2. The molecule has 0 N–H and O–H groups in total. The number of ether oxygens (including phenoxy) is 3. The minimum Gasteiger partial charge on any atom is -0.486 e. The van der Waals surface area contributed by atoms with E-state index in [1.54, 1.807) is 18.2 Å². The highest BCUT2D eigenvalue weighted by Gasteiger charge is 2.57. The van der Waals surface area contributed by atoms with Crippen LogP contribution in [0.3, 0.4) is 0 Å². The third kappa shape index (κ3) is 2.22. The highest BCUT2D eigenvalue weighted by molar-refractivity contribution is 6.52. The highest BCUT2D eigenvalue weighted by atomic mass is 35.5. The van der Waals surface area contributed by atoms with Gasteiger partial charge >= 0.3 is 5.97 Å². The van der Waals surface area contributed by atoms with Crippen molar-refractivity contribution < 1.29 is 19.0 Å². The SMILES string of the molecule is O=C(Oc1ccc2c(c1)OCCO2)C1CC1(Cl)Cl. The molecule has 18 heavy (non-hydrogen) atoms. The average molecular weight is 289 g/mol. The molecule has 96 valence electrons. The fraction of sp³-hybridized carbons (Fsp3) is 0.417. The van der Waals surface area contributed by atoms with Crippen LogP contribution in [0, 0.1) is 5.92 Å². The summed E-state index contributed by atoms with van der Waals surface area (Å²) in [5.74, 6) is 0.757. The van der Waals surface area contributed by atoms with Crippen LogP contribution in [0.5, 0.6) is 17.2 Å². The summed E-state index contributed by atoms with van der Waals surface area (Å²) in [5.41, 5.74) is 0. The van der Waals surface area contributed by atoms with Crippen molar-refractivity contribution in [2.45, 2.75) is 10.8 Å². The van der Waals surface area contributed by atoms with Gasteiger partial charge in [0.25, 0.3) is 0 Å². The number of hydrogen-bond donors (Lipinski definition) is 0. The van der Waals surface area contributed by atoms with Crippen LogP contribution in [0.1, 0.15) is 6.42 Å². The molecule has 0 aromatic heterocycles. The van der Waals surface area contributed by atoms with E-state index in [0.717, 1.165) is 0 Å². The van der Waals surface area contributed by atoms with Gasteiger partial charge in [0.1, 0.15) is 23.3 Å². The van der Waals surface area contributed by atoms with Crippen LogP contribution in [0.15, 0.2) is 18.2 Å². The lowest BCUT2D eigenvalue weighted by molar-refractivity contribution is -0.135. The Kier molecular flexibility index (Phi) is 2.79. The lowest BCUT2D eigenvalue weighted by Gasteiger charge is -2.18. The lowest BCUT2D eigenvalue weighted by atomic mass is 10.3. The number of halogens is 2. The van der Waals surface area contributed by atoms with E-state index in [1.165, 1.54) is 0 Å². The maximum Gasteiger partial charge on any atom is 0.317 e. The van der Waals surface area contributed by atoms with Crippen molar-refractivity contribution in [3.05, 3.63) is 18.2 Å². The fourth-order valence-corrected chi connectivity index (χ4v) is 2.23. The van der Waals surface area contributed by atoms with Gasteiger partial charge in [-0.25, -0.2) is 0 Å². The minimum absolute atomic E-state index is 0.403. The predicted molar refractivity (Wildman–Crippen MR) is 65.6 cm³/mol. The van der Waals surface area contributed by atoms with Crippen LogP contribution in [0.2, 0.25) is 0 Å². The summed E-state index contributed by atoms with van der Waals surface area (Å²) in [7, 11) is 0. The van der Waals surface area contributed by atoms with E-state index in [0.29, 0.717) is 36.9 Å². The van der Waals surface area contributed by atoms with Crippen LogP contribution >= 0.6 is 23.2 Å². The Hall–Kier alpha value is -1.13. The molecule has 0 saturated heterocycles. The lowest BCUT2D eigenvalue weighted by Crippen LogP contribution is -2.16. The second-order valence-corrected chi connectivity index (χ2v) is 5.79. The summed E-state index contributed by atoms with van der Waals surface area (Å²) >= 11 is 11.6. The van der Waals surface area contributed by atoms with Gasteiger partial charge in [0, 0.05) is 6.07 Å². The minimum atomic E-state index is -0.967. The average Bonchev–Trinajstić information content (AvgIpc) is 2.98. The second kappa shape index (κ2) is 4.21. The number of esters is 1. The highest BCUT2D eigenvalue weighted by Crippen LogP contribution is 2.53. The quantitative estimate of drug-likeness (QED) is 0.477. The van der Waals surface area contributed by atoms with E-state index < -0.39 is 16.2 Å². The van der Waals surface area contributed by atoms with Crippen LogP contribution in [0.4, 0.5) is 0 Å². The molecule has 1 aromatic carbocycles. The second-order valence-electron chi connectivity index (χ2n) is 4.24. The first-order chi connectivity index (χ1) is 8.56. The molecule has 2 aliphatic rings. The van der Waals surface area contributed by atoms with E-state index in [4.69, 9.17) is 37.4 Å². The van der Waals surface area contributed by atoms with Gasteiger partial charge in [-0.3, -0.25) is 4.79 Å². The summed E-state index contributed by atoms with van der Waals surface area (Å²) in [6, 6.07) is 4.98. The number of fused-ring (bicyclic) bond motifs is 1. The molecule has 1 aliphatic carbocycles. The zero-order chi connectivity index (χ0) is 12.8. The Labute approximate surface area is 114 Å². The molecule has 1 fully saturated rings. The van der Waals surface area contributed by atoms with Crippen molar-refractivity contribution in [1.29, 1.82) is 0 Å². The van der Waals surface area contributed by atoms with E-state index in [2.05, 4.69) is 0 Å². The van der Waals surface area contributed by atoms with Crippen molar-refractivity contribution >= 4 is 29.2 Å². The molecule has 0 spiro atoms. The molecule has 1 unspecified atom stereocenters. The maximum absolute atomic E-state index is 11.7. The molecule has 1 aliphatic heterocycles. The summed E-state index contributed by atoms with van der Waals surface area (Å²) in [4.78, 5) is 11.7. The van der Waals surface area contributed by atoms with E-state index >= 15 is 0 Å². The number of carbonyl (C=O) groups is 1. The molecule has 0 amide bonds. The van der Waals surface area contributed by atoms with Crippen molar-refractivity contribution in [1.82, 2.24) is 0 Å². The first-order valence-electron chi connectivity index (χ1n) is 5.55. The van der Waals surface area contributed by atoms with Gasteiger partial charge in [-0.2, -0.15) is 0 Å². The molecule has 1 atom stereocenters. The largest absolute Gasteiger partial charge is 0.486 e. The van der Waals surface area contributed by atoms with Gasteiger partial charge in [0.05, 0.1) is 5.92 Å². The Morgan fingerprint density at radius 3 is 2.61 bits per heavy atom. The smallest absolute Gasteiger partial charge is 0.317 e. The zero-order valence-electron chi connectivity index (χ0n) is 9.32. The first-order valence-corrected chi connectivity index (χ1v) is 6.31. The third-order valence-corrected chi connectivity index (χ3v) is 3.68. The number of hydrogen-bond acceptors (Lipinski definition) is 4. The van der Waals surface area contributed by atoms with Crippen molar-refractivity contribution in [3.63, 3.8) is 0 Å². The molecule has 1 aromatic rings. The van der Waals surface area contributed by atoms with Crippen LogP contribution in [-0.4, -0.2) is 23.5 Å². The van der Waals surface area contributed by atoms with Crippen molar-refractivity contribution in [2.24, 2.45) is 5.92 Å². The topological polar surface area (TPSA) is 44.8 Å². The number of benzene rings is 1. The molecule has 3 rings (SSSR count). The monoisotopic (exact) mass is 288 g/mol. The Morgan fingerprint density at radius 2 is 1.94 bits per heavy atom. The molecule has 0 radical (unpaired) electrons. The van der Waals surface area contributed by atoms with Gasteiger partial charge in [-0.05, 0) is 18.6 Å². The van der Waals surface area contributed by atoms with E-state index in [1.807, 2.05) is 0 Å². The van der Waals surface area contributed by atoms with Crippen molar-refractivity contribution in [2.75, 3.05) is 13.2 Å². The van der Waals surface area contributed by atoms with E-state index in [9.17, 15) is 4.79 Å². The first kappa shape index (κ1) is 11.9. The summed E-state index contributed by atoms with van der Waals surface area (Å²) in [6.07, 6.45) is 0.430. The number of rotatable bonds is 2. The Balaban J connectivity index is 1.72.